The summed E-state index contributed by atoms with van der Waals surface area (Å²) >= 11 is 0. The highest BCUT2D eigenvalue weighted by atomic mass is 19.1. The summed E-state index contributed by atoms with van der Waals surface area (Å²) in [5.74, 6) is 1.08. The molecule has 9 nitrogen and oxygen atoms in total. The van der Waals surface area contributed by atoms with Crippen LogP contribution in [0.3, 0.4) is 0 Å². The van der Waals surface area contributed by atoms with Gasteiger partial charge in [-0.25, -0.2) is 18.0 Å². The number of aromatic nitrogens is 3. The number of carbonyl (C=O) groups excluding carboxylic acids is 1. The average molecular weight is 676 g/mol. The van der Waals surface area contributed by atoms with Crippen LogP contribution in [-0.2, 0) is 4.74 Å². The van der Waals surface area contributed by atoms with Crippen LogP contribution in [0.5, 0.6) is 11.9 Å². The lowest BCUT2D eigenvalue weighted by Gasteiger charge is -2.28. The number of alkyl halides is 1. The monoisotopic (exact) mass is 675 g/mol. The van der Waals surface area contributed by atoms with Crippen molar-refractivity contribution < 1.29 is 32.2 Å². The molecule has 4 aromatic rings. The van der Waals surface area contributed by atoms with Gasteiger partial charge in [0.05, 0.1) is 24.1 Å². The summed E-state index contributed by atoms with van der Waals surface area (Å²) < 4.78 is 60.3. The number of hydrogen-bond donors (Lipinski definition) is 0. The Labute approximate surface area is 283 Å². The Bertz CT molecular complexity index is 1910. The molecular weight excluding hydrogens is 635 g/mol. The highest BCUT2D eigenvalue weighted by molar-refractivity contribution is 6.01. The highest BCUT2D eigenvalue weighted by Gasteiger charge is 2.38. The summed E-state index contributed by atoms with van der Waals surface area (Å²) in [5, 5.41) is 1.23. The van der Waals surface area contributed by atoms with E-state index < -0.39 is 35.6 Å². The molecule has 7 rings (SSSR count). The van der Waals surface area contributed by atoms with Gasteiger partial charge in [0, 0.05) is 42.7 Å². The van der Waals surface area contributed by atoms with Crippen molar-refractivity contribution in [2.75, 3.05) is 26.7 Å². The number of amides is 1. The van der Waals surface area contributed by atoms with Crippen molar-refractivity contribution in [3.8, 4) is 35.5 Å². The number of rotatable bonds is 4. The maximum absolute atomic E-state index is 16.2. The average Bonchev–Trinajstić information content (AvgIpc) is 3.75. The first-order valence-corrected chi connectivity index (χ1v) is 16.5. The topological polar surface area (TPSA) is 89.9 Å². The van der Waals surface area contributed by atoms with Crippen LogP contribution in [0.25, 0.3) is 32.9 Å². The Hall–Kier alpha value is -4.63. The minimum Gasteiger partial charge on any atom is -0.471 e. The molecule has 3 aliphatic rings. The van der Waals surface area contributed by atoms with Gasteiger partial charge in [-0.2, -0.15) is 9.97 Å². The fourth-order valence-corrected chi connectivity index (χ4v) is 6.89. The fourth-order valence-electron chi connectivity index (χ4n) is 6.89. The first kappa shape index (κ1) is 34.2. The van der Waals surface area contributed by atoms with Crippen LogP contribution in [0.1, 0.15) is 58.9 Å². The Kier molecular flexibility index (Phi) is 9.58. The third-order valence-electron chi connectivity index (χ3n) is 9.24. The summed E-state index contributed by atoms with van der Waals surface area (Å²) in [6.45, 7) is 9.54. The van der Waals surface area contributed by atoms with Crippen LogP contribution in [0, 0.1) is 24.0 Å². The van der Waals surface area contributed by atoms with Gasteiger partial charge in [0.1, 0.15) is 34.9 Å². The molecule has 4 unspecified atom stereocenters. The van der Waals surface area contributed by atoms with E-state index in [1.165, 1.54) is 32.2 Å². The zero-order valence-corrected chi connectivity index (χ0v) is 28.3. The second-order valence-corrected chi connectivity index (χ2v) is 13.7. The quantitative estimate of drug-likeness (QED) is 0.212. The maximum Gasteiger partial charge on any atom is 0.410 e. The van der Waals surface area contributed by atoms with E-state index in [9.17, 15) is 13.6 Å². The molecule has 258 valence electrons. The van der Waals surface area contributed by atoms with E-state index in [0.29, 0.717) is 41.9 Å². The molecule has 12 heteroatoms. The summed E-state index contributed by atoms with van der Waals surface area (Å²) in [6, 6.07) is 8.13. The second-order valence-electron chi connectivity index (χ2n) is 13.7. The van der Waals surface area contributed by atoms with Gasteiger partial charge in [-0.1, -0.05) is 30.2 Å². The van der Waals surface area contributed by atoms with Crippen LogP contribution < -0.4 is 9.47 Å². The number of halogens is 3. The SMILES string of the molecule is C#Cc1c(F)ccc2cccc(-c3ncc4c(OC5CCN(C(=O)OC(C)(C)C)C5C)nc(OC)nc4c3F)c12.FC1CC2CCCN2C1. The van der Waals surface area contributed by atoms with E-state index >= 15 is 4.39 Å². The number of benzene rings is 2. The molecule has 0 bridgehead atoms. The van der Waals surface area contributed by atoms with Crippen molar-refractivity contribution >= 4 is 27.8 Å². The molecule has 0 N–H and O–H groups in total. The van der Waals surface area contributed by atoms with Crippen molar-refractivity contribution in [3.63, 3.8) is 0 Å². The summed E-state index contributed by atoms with van der Waals surface area (Å²) in [5.41, 5.74) is -0.441. The molecule has 3 fully saturated rings. The summed E-state index contributed by atoms with van der Waals surface area (Å²) in [4.78, 5) is 29.5. The molecular formula is C37H40F3N5O4. The normalized spacial score (nSPS) is 22.1. The standard InChI is InChI=1S/C30H28F2N4O4.C7H12FN/c1-7-18-21(31)12-11-17-9-8-10-19(23(17)18)25-24(32)26-20(15-33-25)27(35-28(34-26)38-6)39-22-13-14-36(16(22)2)29(37)40-30(3,4)5;8-6-4-7-2-1-3-9(7)5-6/h1,8-12,15-16,22H,13-14H2,2-6H3;6-7H,1-5H2. The van der Waals surface area contributed by atoms with Crippen molar-refractivity contribution in [3.05, 3.63) is 53.7 Å². The van der Waals surface area contributed by atoms with Gasteiger partial charge in [0.2, 0.25) is 5.88 Å². The lowest BCUT2D eigenvalue weighted by molar-refractivity contribution is 0.0190. The number of ether oxygens (including phenoxy) is 3. The van der Waals surface area contributed by atoms with Gasteiger partial charge >= 0.3 is 12.1 Å². The van der Waals surface area contributed by atoms with Gasteiger partial charge < -0.3 is 19.1 Å². The van der Waals surface area contributed by atoms with E-state index in [4.69, 9.17) is 20.6 Å². The van der Waals surface area contributed by atoms with Crippen LogP contribution in [0.4, 0.5) is 18.0 Å². The number of carbonyl (C=O) groups is 1. The largest absolute Gasteiger partial charge is 0.471 e. The molecule has 0 radical (unpaired) electrons. The molecule has 2 aromatic carbocycles. The van der Waals surface area contributed by atoms with E-state index in [2.05, 4.69) is 25.8 Å². The summed E-state index contributed by atoms with van der Waals surface area (Å²) in [7, 11) is 1.36. The first-order valence-electron chi connectivity index (χ1n) is 16.5. The van der Waals surface area contributed by atoms with Crippen molar-refractivity contribution in [2.45, 2.75) is 83.3 Å². The predicted molar refractivity (Wildman–Crippen MR) is 180 cm³/mol. The highest BCUT2D eigenvalue weighted by Crippen LogP contribution is 2.37. The minimum absolute atomic E-state index is 0.0171. The molecule has 0 spiro atoms. The fraction of sp³-hybridized carbons (Fsp3) is 0.459. The Morgan fingerprint density at radius 1 is 1.10 bits per heavy atom. The second kappa shape index (κ2) is 13.7. The van der Waals surface area contributed by atoms with E-state index in [-0.39, 0.29) is 40.1 Å². The van der Waals surface area contributed by atoms with E-state index in [0.717, 1.165) is 13.0 Å². The molecule has 3 aliphatic heterocycles. The lowest BCUT2D eigenvalue weighted by atomic mass is 9.96. The van der Waals surface area contributed by atoms with E-state index in [1.807, 2.05) is 6.92 Å². The van der Waals surface area contributed by atoms with Gasteiger partial charge in [-0.3, -0.25) is 9.88 Å². The van der Waals surface area contributed by atoms with Gasteiger partial charge in [0.25, 0.3) is 0 Å². The first-order chi connectivity index (χ1) is 23.4. The Balaban J connectivity index is 0.000000396. The number of nitrogens with zero attached hydrogens (tertiary/aromatic N) is 5. The third kappa shape index (κ3) is 6.95. The van der Waals surface area contributed by atoms with Crippen LogP contribution in [0.2, 0.25) is 0 Å². The molecule has 0 saturated carbocycles. The van der Waals surface area contributed by atoms with Gasteiger partial charge in [0.15, 0.2) is 5.82 Å². The molecule has 1 amide bonds. The zero-order chi connectivity index (χ0) is 35.0. The number of pyridine rings is 1. The molecule has 5 heterocycles. The van der Waals surface area contributed by atoms with Crippen molar-refractivity contribution in [1.82, 2.24) is 24.8 Å². The molecule has 49 heavy (non-hydrogen) atoms. The number of terminal acetylenes is 1. The minimum atomic E-state index is -0.766. The van der Waals surface area contributed by atoms with E-state index in [1.54, 1.807) is 49.9 Å². The summed E-state index contributed by atoms with van der Waals surface area (Å²) in [6.07, 6.45) is 9.45. The molecule has 0 aliphatic carbocycles. The molecule has 2 aromatic heterocycles. The van der Waals surface area contributed by atoms with Crippen molar-refractivity contribution in [1.29, 1.82) is 0 Å². The smallest absolute Gasteiger partial charge is 0.410 e. The molecule has 4 atom stereocenters. The number of fused-ring (bicyclic) bond motifs is 3. The predicted octanol–water partition coefficient (Wildman–Crippen LogP) is 7.08. The zero-order valence-electron chi connectivity index (χ0n) is 28.3. The third-order valence-corrected chi connectivity index (χ3v) is 9.24. The number of likely N-dealkylation sites (tertiary alicyclic amines) is 1. The van der Waals surface area contributed by atoms with Crippen molar-refractivity contribution in [2.24, 2.45) is 0 Å². The number of methoxy groups -OCH3 is 1. The van der Waals surface area contributed by atoms with Crippen LogP contribution >= 0.6 is 0 Å². The van der Waals surface area contributed by atoms with Gasteiger partial charge in [-0.05, 0) is 65.0 Å². The Morgan fingerprint density at radius 3 is 2.61 bits per heavy atom. The lowest BCUT2D eigenvalue weighted by Crippen LogP contribution is -2.42. The van der Waals surface area contributed by atoms with Crippen LogP contribution in [-0.4, -0.2) is 87.5 Å². The maximum atomic E-state index is 16.2. The Morgan fingerprint density at radius 2 is 1.90 bits per heavy atom. The van der Waals surface area contributed by atoms with Gasteiger partial charge in [-0.15, -0.1) is 6.42 Å². The molecule has 3 saturated heterocycles. The number of hydrogen-bond acceptors (Lipinski definition) is 8. The van der Waals surface area contributed by atoms with Crippen LogP contribution in [0.15, 0.2) is 36.5 Å².